The summed E-state index contributed by atoms with van der Waals surface area (Å²) < 4.78 is 25.8. The molecule has 0 bridgehead atoms. The van der Waals surface area contributed by atoms with Gasteiger partial charge in [-0.05, 0) is 54.5 Å². The van der Waals surface area contributed by atoms with E-state index in [1.54, 1.807) is 36.4 Å². The zero-order valence-electron chi connectivity index (χ0n) is 17.6. The van der Waals surface area contributed by atoms with E-state index in [0.29, 0.717) is 34.2 Å². The van der Waals surface area contributed by atoms with Crippen LogP contribution in [0.25, 0.3) is 6.08 Å². The highest BCUT2D eigenvalue weighted by molar-refractivity contribution is 6.02. The number of methoxy groups -OCH3 is 4. The third kappa shape index (κ3) is 5.91. The van der Waals surface area contributed by atoms with Crippen molar-refractivity contribution in [3.8, 4) is 23.0 Å². The largest absolute Gasteiger partial charge is 0.493 e. The van der Waals surface area contributed by atoms with Gasteiger partial charge in [-0.1, -0.05) is 0 Å². The molecule has 0 saturated carbocycles. The minimum absolute atomic E-state index is 0.181. The van der Waals surface area contributed by atoms with Gasteiger partial charge in [0.25, 0.3) is 0 Å². The van der Waals surface area contributed by atoms with Gasteiger partial charge in [-0.2, -0.15) is 0 Å². The Morgan fingerprint density at radius 2 is 1.63 bits per heavy atom. The zero-order chi connectivity index (χ0) is 22.1. The Morgan fingerprint density at radius 3 is 2.17 bits per heavy atom. The monoisotopic (exact) mass is 415 g/mol. The van der Waals surface area contributed by atoms with E-state index >= 15 is 0 Å². The number of benzene rings is 2. The molecule has 0 aliphatic rings. The third-order valence-electron chi connectivity index (χ3n) is 4.15. The number of esters is 1. The molecule has 8 nitrogen and oxygen atoms in total. The van der Waals surface area contributed by atoms with Gasteiger partial charge >= 0.3 is 5.97 Å². The lowest BCUT2D eigenvalue weighted by atomic mass is 10.1. The predicted molar refractivity (Wildman–Crippen MR) is 112 cm³/mol. The van der Waals surface area contributed by atoms with Crippen LogP contribution in [0.15, 0.2) is 36.4 Å². The average Bonchev–Trinajstić information content (AvgIpc) is 2.76. The first kappa shape index (κ1) is 22.6. The van der Waals surface area contributed by atoms with E-state index in [4.69, 9.17) is 18.9 Å². The second kappa shape index (κ2) is 10.8. The third-order valence-corrected chi connectivity index (χ3v) is 4.15. The fourth-order valence-corrected chi connectivity index (χ4v) is 2.61. The molecule has 0 spiro atoms. The van der Waals surface area contributed by atoms with Crippen LogP contribution in [-0.2, 0) is 14.3 Å². The molecule has 160 valence electrons. The molecule has 2 rings (SSSR count). The molecule has 0 aromatic heterocycles. The van der Waals surface area contributed by atoms with Gasteiger partial charge in [0.05, 0.1) is 28.4 Å². The summed E-state index contributed by atoms with van der Waals surface area (Å²) in [5.74, 6) is 1.19. The van der Waals surface area contributed by atoms with Crippen LogP contribution in [0.3, 0.4) is 0 Å². The summed E-state index contributed by atoms with van der Waals surface area (Å²) in [6, 6.07) is 8.57. The number of ether oxygens (including phenoxy) is 5. The summed E-state index contributed by atoms with van der Waals surface area (Å²) in [6.07, 6.45) is 3.05. The number of hydrogen-bond acceptors (Lipinski definition) is 7. The number of carbonyl (C=O) groups excluding carboxylic acids is 2. The van der Waals surface area contributed by atoms with Gasteiger partial charge in [0.15, 0.2) is 18.1 Å². The Kier molecular flexibility index (Phi) is 8.10. The van der Waals surface area contributed by atoms with E-state index in [2.05, 4.69) is 10.1 Å². The second-order valence-corrected chi connectivity index (χ2v) is 6.12. The molecule has 2 aromatic carbocycles. The summed E-state index contributed by atoms with van der Waals surface area (Å²) in [6.45, 7) is 1.64. The Hall–Kier alpha value is -3.68. The Bertz CT molecular complexity index is 912. The lowest BCUT2D eigenvalue weighted by Gasteiger charge is -2.13. The smallest absolute Gasteiger partial charge is 0.343 e. The van der Waals surface area contributed by atoms with E-state index < -0.39 is 5.97 Å². The maximum atomic E-state index is 12.3. The van der Waals surface area contributed by atoms with Crippen molar-refractivity contribution in [1.82, 2.24) is 0 Å². The Morgan fingerprint density at radius 1 is 0.967 bits per heavy atom. The molecule has 2 aromatic rings. The molecule has 30 heavy (non-hydrogen) atoms. The van der Waals surface area contributed by atoms with Crippen LogP contribution in [0.2, 0.25) is 0 Å². The van der Waals surface area contributed by atoms with Crippen LogP contribution in [0.5, 0.6) is 23.0 Å². The van der Waals surface area contributed by atoms with Crippen LogP contribution in [-0.4, -0.2) is 46.9 Å². The van der Waals surface area contributed by atoms with Crippen LogP contribution in [0.1, 0.15) is 11.1 Å². The first-order valence-corrected chi connectivity index (χ1v) is 9.01. The van der Waals surface area contributed by atoms with Crippen LogP contribution in [0, 0.1) is 6.92 Å². The number of aryl methyl sites for hydroxylation is 1. The number of carbonyl (C=O) groups is 2. The molecule has 0 heterocycles. The van der Waals surface area contributed by atoms with Crippen molar-refractivity contribution in [3.05, 3.63) is 47.5 Å². The van der Waals surface area contributed by atoms with Crippen molar-refractivity contribution >= 4 is 23.6 Å². The van der Waals surface area contributed by atoms with Gasteiger partial charge in [0.2, 0.25) is 11.7 Å². The van der Waals surface area contributed by atoms with E-state index in [1.807, 2.05) is 6.92 Å². The van der Waals surface area contributed by atoms with E-state index in [1.165, 1.54) is 34.5 Å². The zero-order valence-corrected chi connectivity index (χ0v) is 17.6. The molecular formula is C22H25NO7. The minimum Gasteiger partial charge on any atom is -0.493 e. The Balaban J connectivity index is 2.08. The molecule has 0 radical (unpaired) electrons. The Labute approximate surface area is 175 Å². The summed E-state index contributed by atoms with van der Waals surface area (Å²) in [5.41, 5.74) is 2.12. The molecule has 0 unspecified atom stereocenters. The number of nitrogens with one attached hydrogen (secondary N) is 1. The van der Waals surface area contributed by atoms with Crippen LogP contribution < -0.4 is 24.3 Å². The van der Waals surface area contributed by atoms with Crippen molar-refractivity contribution in [2.45, 2.75) is 6.92 Å². The van der Waals surface area contributed by atoms with E-state index in [0.717, 1.165) is 5.56 Å². The fourth-order valence-electron chi connectivity index (χ4n) is 2.61. The van der Waals surface area contributed by atoms with Gasteiger partial charge in [-0.3, -0.25) is 4.79 Å². The quantitative estimate of drug-likeness (QED) is 0.497. The summed E-state index contributed by atoms with van der Waals surface area (Å²) >= 11 is 0. The highest BCUT2D eigenvalue weighted by Gasteiger charge is 2.12. The highest BCUT2D eigenvalue weighted by Crippen LogP contribution is 2.38. The average molecular weight is 415 g/mol. The van der Waals surface area contributed by atoms with Gasteiger partial charge in [-0.25, -0.2) is 4.79 Å². The molecule has 1 amide bonds. The van der Waals surface area contributed by atoms with Crippen molar-refractivity contribution in [3.63, 3.8) is 0 Å². The lowest BCUT2D eigenvalue weighted by molar-refractivity contribution is -0.142. The molecule has 8 heteroatoms. The number of anilines is 1. The summed E-state index contributed by atoms with van der Waals surface area (Å²) in [7, 11) is 5.87. The molecule has 0 atom stereocenters. The maximum Gasteiger partial charge on any atom is 0.343 e. The molecule has 0 fully saturated rings. The molecule has 0 aliphatic carbocycles. The standard InChI is InChI=1S/C22H25NO7/c1-14-10-16(30-13-21(25)28-4)7-8-17(14)23-20(24)9-6-15-11-18(26-2)22(29-5)19(12-15)27-3/h6-12H,13H2,1-5H3,(H,23,24)/b9-6+. The van der Waals surface area contributed by atoms with Crippen molar-refractivity contribution in [1.29, 1.82) is 0 Å². The molecular weight excluding hydrogens is 390 g/mol. The van der Waals surface area contributed by atoms with Crippen LogP contribution >= 0.6 is 0 Å². The molecule has 0 saturated heterocycles. The van der Waals surface area contributed by atoms with Gasteiger partial charge in [0, 0.05) is 11.8 Å². The predicted octanol–water partition coefficient (Wildman–Crippen LogP) is 3.22. The summed E-state index contributed by atoms with van der Waals surface area (Å²) in [5, 5.41) is 2.80. The molecule has 0 aliphatic heterocycles. The fraction of sp³-hybridized carbons (Fsp3) is 0.273. The van der Waals surface area contributed by atoms with E-state index in [-0.39, 0.29) is 12.5 Å². The first-order valence-electron chi connectivity index (χ1n) is 9.01. The highest BCUT2D eigenvalue weighted by atomic mass is 16.6. The van der Waals surface area contributed by atoms with E-state index in [9.17, 15) is 9.59 Å². The second-order valence-electron chi connectivity index (χ2n) is 6.12. The number of rotatable bonds is 9. The number of amides is 1. The summed E-state index contributed by atoms with van der Waals surface area (Å²) in [4.78, 5) is 23.5. The van der Waals surface area contributed by atoms with Crippen LogP contribution in [0.4, 0.5) is 5.69 Å². The van der Waals surface area contributed by atoms with Gasteiger partial charge in [0.1, 0.15) is 5.75 Å². The normalized spacial score (nSPS) is 10.4. The topological polar surface area (TPSA) is 92.3 Å². The van der Waals surface area contributed by atoms with Crippen molar-refractivity contribution in [2.75, 3.05) is 40.4 Å². The molecule has 1 N–H and O–H groups in total. The SMILES string of the molecule is COC(=O)COc1ccc(NC(=O)/C=C/c2cc(OC)c(OC)c(OC)c2)c(C)c1. The van der Waals surface area contributed by atoms with Gasteiger partial charge < -0.3 is 29.0 Å². The number of hydrogen-bond donors (Lipinski definition) is 1. The van der Waals surface area contributed by atoms with Gasteiger partial charge in [-0.15, -0.1) is 0 Å². The van der Waals surface area contributed by atoms with Crippen molar-refractivity contribution in [2.24, 2.45) is 0 Å². The first-order chi connectivity index (χ1) is 14.4. The maximum absolute atomic E-state index is 12.3. The van der Waals surface area contributed by atoms with Crippen molar-refractivity contribution < 1.29 is 33.3 Å². The minimum atomic E-state index is -0.470. The lowest BCUT2D eigenvalue weighted by Crippen LogP contribution is -2.13.